The topological polar surface area (TPSA) is 39.1 Å². The Hall–Kier alpha value is -6.76. The van der Waals surface area contributed by atoms with Crippen molar-refractivity contribution >= 4 is 62.6 Å². The van der Waals surface area contributed by atoms with E-state index in [1.807, 2.05) is 140 Å². The summed E-state index contributed by atoms with van der Waals surface area (Å²) in [7, 11) is -6.55. The van der Waals surface area contributed by atoms with Crippen LogP contribution in [-0.4, -0.2) is 4.57 Å². The first-order valence-corrected chi connectivity index (χ1v) is 24.0. The Balaban J connectivity index is 1.22. The van der Waals surface area contributed by atoms with Crippen LogP contribution in [0.15, 0.2) is 248 Å². The van der Waals surface area contributed by atoms with Crippen molar-refractivity contribution in [1.29, 1.82) is 0 Å². The molecule has 0 fully saturated rings. The van der Waals surface area contributed by atoms with Gasteiger partial charge in [0.15, 0.2) is 14.3 Å². The highest BCUT2D eigenvalue weighted by Crippen LogP contribution is 2.56. The quantitative estimate of drug-likeness (QED) is 0.102. The monoisotopic (exact) mass is 823 g/mol. The molecule has 5 heteroatoms. The second-order valence-electron chi connectivity index (χ2n) is 15.5. The van der Waals surface area contributed by atoms with Crippen LogP contribution in [0, 0.1) is 0 Å². The van der Waals surface area contributed by atoms with E-state index in [0.29, 0.717) is 0 Å². The van der Waals surface area contributed by atoms with Crippen LogP contribution in [-0.2, 0) is 14.5 Å². The second-order valence-corrected chi connectivity index (χ2v) is 21.0. The van der Waals surface area contributed by atoms with Gasteiger partial charge in [-0.2, -0.15) is 0 Å². The molecule has 3 nitrogen and oxygen atoms in total. The van der Waals surface area contributed by atoms with Gasteiger partial charge in [-0.05, 0) is 41.3 Å². The van der Waals surface area contributed by atoms with Crippen molar-refractivity contribution in [3.8, 4) is 5.69 Å². The van der Waals surface area contributed by atoms with Gasteiger partial charge < -0.3 is 13.7 Å². The molecular weight excluding hydrogens is 781 g/mol. The fourth-order valence-corrected chi connectivity index (χ4v) is 15.0. The summed E-state index contributed by atoms with van der Waals surface area (Å²) in [6.45, 7) is 6.93. The Morgan fingerprint density at radius 2 is 0.967 bits per heavy atom. The second kappa shape index (κ2) is 15.4. The minimum absolute atomic E-state index is 0.722. The molecule has 0 saturated heterocycles. The zero-order valence-corrected chi connectivity index (χ0v) is 35.6. The molecule has 61 heavy (non-hydrogen) atoms. The Labute approximate surface area is 357 Å². The summed E-state index contributed by atoms with van der Waals surface area (Å²) in [5, 5.41) is 6.92. The molecule has 0 saturated carbocycles. The van der Waals surface area contributed by atoms with E-state index in [4.69, 9.17) is 6.58 Å². The zero-order valence-electron chi connectivity index (χ0n) is 33.8. The summed E-state index contributed by atoms with van der Waals surface area (Å²) < 4.78 is 33.7. The van der Waals surface area contributed by atoms with E-state index < -0.39 is 19.7 Å². The van der Waals surface area contributed by atoms with Gasteiger partial charge in [-0.25, -0.2) is 0 Å². The highest BCUT2D eigenvalue weighted by atomic mass is 31.2. The highest BCUT2D eigenvalue weighted by molar-refractivity contribution is 7.85. The minimum atomic E-state index is -3.29. The molecule has 0 bridgehead atoms. The Morgan fingerprint density at radius 3 is 1.56 bits per heavy atom. The summed E-state index contributed by atoms with van der Waals surface area (Å²) in [4.78, 5) is 0. The van der Waals surface area contributed by atoms with Crippen LogP contribution in [0.25, 0.3) is 27.5 Å². The number of hydrogen-bond donors (Lipinski definition) is 0. The van der Waals surface area contributed by atoms with Crippen LogP contribution in [0.1, 0.15) is 23.6 Å². The maximum absolute atomic E-state index is 15.7. The number of hydrogen-bond acceptors (Lipinski definition) is 2. The van der Waals surface area contributed by atoms with Gasteiger partial charge in [-0.3, -0.25) is 0 Å². The zero-order chi connectivity index (χ0) is 41.6. The van der Waals surface area contributed by atoms with Gasteiger partial charge in [0, 0.05) is 42.6 Å². The number of nitrogens with zero attached hydrogens (tertiary/aromatic N) is 1. The maximum Gasteiger partial charge on any atom is 0.171 e. The van der Waals surface area contributed by atoms with E-state index in [-0.39, 0.29) is 0 Å². The molecule has 0 aliphatic carbocycles. The van der Waals surface area contributed by atoms with Crippen molar-refractivity contribution < 1.29 is 9.13 Å². The van der Waals surface area contributed by atoms with Crippen LogP contribution < -0.4 is 26.5 Å². The molecule has 1 aliphatic heterocycles. The first kappa shape index (κ1) is 38.4. The summed E-state index contributed by atoms with van der Waals surface area (Å²) in [6.07, 6.45) is 6.07. The molecule has 0 radical (unpaired) electrons. The third-order valence-electron chi connectivity index (χ3n) is 12.4. The lowest BCUT2D eigenvalue weighted by Gasteiger charge is -2.42. The Bertz CT molecular complexity index is 3170. The van der Waals surface area contributed by atoms with Crippen LogP contribution in [0.4, 0.5) is 0 Å². The maximum atomic E-state index is 15.7. The minimum Gasteiger partial charge on any atom is -0.309 e. The first-order chi connectivity index (χ1) is 29.9. The van der Waals surface area contributed by atoms with E-state index in [9.17, 15) is 0 Å². The van der Waals surface area contributed by atoms with Gasteiger partial charge in [0.2, 0.25) is 0 Å². The predicted octanol–water partition coefficient (Wildman–Crippen LogP) is 12.1. The number of benzene rings is 8. The lowest BCUT2D eigenvalue weighted by atomic mass is 9.63. The van der Waals surface area contributed by atoms with Crippen molar-refractivity contribution in [3.05, 3.63) is 265 Å². The molecule has 1 aromatic heterocycles. The summed E-state index contributed by atoms with van der Waals surface area (Å²) in [6, 6.07) is 71.4. The van der Waals surface area contributed by atoms with Crippen molar-refractivity contribution in [2.75, 3.05) is 0 Å². The van der Waals surface area contributed by atoms with Crippen LogP contribution in [0.5, 0.6) is 0 Å². The molecule has 0 spiro atoms. The molecule has 8 aromatic carbocycles. The number of allylic oxidation sites excluding steroid dienone is 5. The van der Waals surface area contributed by atoms with Crippen molar-refractivity contribution in [3.63, 3.8) is 0 Å². The molecule has 1 aliphatic rings. The van der Waals surface area contributed by atoms with E-state index in [2.05, 4.69) is 102 Å². The number of rotatable bonds is 10. The average Bonchev–Trinajstić information content (AvgIpc) is 3.68. The van der Waals surface area contributed by atoms with E-state index in [1.165, 1.54) is 5.39 Å². The Kier molecular flexibility index (Phi) is 9.68. The summed E-state index contributed by atoms with van der Waals surface area (Å²) in [5.41, 5.74) is 6.39. The third-order valence-corrected chi connectivity index (χ3v) is 18.6. The van der Waals surface area contributed by atoms with Gasteiger partial charge in [0.25, 0.3) is 0 Å². The molecule has 10 rings (SSSR count). The smallest absolute Gasteiger partial charge is 0.171 e. The highest BCUT2D eigenvalue weighted by Gasteiger charge is 2.46. The lowest BCUT2D eigenvalue weighted by Crippen LogP contribution is -2.36. The van der Waals surface area contributed by atoms with Gasteiger partial charge >= 0.3 is 0 Å². The summed E-state index contributed by atoms with van der Waals surface area (Å²) >= 11 is 0. The largest absolute Gasteiger partial charge is 0.309 e. The third kappa shape index (κ3) is 5.88. The van der Waals surface area contributed by atoms with Crippen LogP contribution >= 0.6 is 14.3 Å². The normalized spacial score (nSPS) is 15.3. The average molecular weight is 824 g/mol. The van der Waals surface area contributed by atoms with Gasteiger partial charge in [0.1, 0.15) is 0 Å². The van der Waals surface area contributed by atoms with Gasteiger partial charge in [-0.15, -0.1) is 0 Å². The molecule has 9 aromatic rings. The SMILES string of the molecule is C=C(/C=C\C(=C/C)P(=O)(c1ccccc1)c1ccccc1)C1(c2ccc(P(=O)(c3ccccc3)c3ccccc3)cc2)c2ccccc2-n2c3ccccc3c3cccc1c32. The summed E-state index contributed by atoms with van der Waals surface area (Å²) in [5.74, 6) is 0. The van der Waals surface area contributed by atoms with E-state index in [1.54, 1.807) is 0 Å². The van der Waals surface area contributed by atoms with Crippen LogP contribution in [0.3, 0.4) is 0 Å². The van der Waals surface area contributed by atoms with Crippen molar-refractivity contribution in [2.24, 2.45) is 0 Å². The molecule has 2 heterocycles. The lowest BCUT2D eigenvalue weighted by molar-refractivity contribution is 0.590. The number of aromatic nitrogens is 1. The Morgan fingerprint density at radius 1 is 0.492 bits per heavy atom. The molecular formula is C56H43NO2P2. The van der Waals surface area contributed by atoms with E-state index in [0.717, 1.165) is 76.2 Å². The number of fused-ring (bicyclic) bond motifs is 5. The fourth-order valence-electron chi connectivity index (χ4n) is 9.61. The van der Waals surface area contributed by atoms with E-state index >= 15 is 9.13 Å². The predicted molar refractivity (Wildman–Crippen MR) is 258 cm³/mol. The molecule has 0 amide bonds. The fraction of sp³-hybridized carbons (Fsp3) is 0.0357. The van der Waals surface area contributed by atoms with Crippen molar-refractivity contribution in [2.45, 2.75) is 12.3 Å². The number of para-hydroxylation sites is 3. The molecule has 1 unspecified atom stereocenters. The van der Waals surface area contributed by atoms with Crippen molar-refractivity contribution in [1.82, 2.24) is 4.57 Å². The molecule has 294 valence electrons. The molecule has 0 N–H and O–H groups in total. The first-order valence-electron chi connectivity index (χ1n) is 20.6. The van der Waals surface area contributed by atoms with Crippen LogP contribution in [0.2, 0.25) is 0 Å². The molecule has 1 atom stereocenters. The van der Waals surface area contributed by atoms with Gasteiger partial charge in [0.05, 0.1) is 22.1 Å². The van der Waals surface area contributed by atoms with Gasteiger partial charge in [-0.1, -0.05) is 225 Å². The standard InChI is InChI=1S/C56H43NO2P2/c1-3-43(60(58,44-21-8-4-9-22-44)45-23-10-5-11-24-45)38-35-41(2)56(42-36-39-48(40-37-42)61(59,46-25-12-6-13-26-46)47-27-14-7-15-28-47)51-31-17-19-34-54(51)57-53-33-18-16-29-49(53)50-30-20-32-52(56)55(50)57/h3-40H,2H2,1H3/b38-35-,43-3+.